The fraction of sp³-hybridized carbons (Fsp3) is 0.900. The summed E-state index contributed by atoms with van der Waals surface area (Å²) in [6.07, 6.45) is 22.8. The minimum Gasteiger partial charge on any atom is -0.352 e. The van der Waals surface area contributed by atoms with Crippen LogP contribution >= 0.6 is 0 Å². The van der Waals surface area contributed by atoms with Crippen molar-refractivity contribution in [3.63, 3.8) is 0 Å². The lowest BCUT2D eigenvalue weighted by molar-refractivity contribution is -0.117. The molecule has 1 amide bonds. The zero-order valence-electron chi connectivity index (χ0n) is 25.1. The van der Waals surface area contributed by atoms with E-state index in [0.717, 1.165) is 0 Å². The number of amides is 1. The molecule has 7 heteroatoms. The maximum Gasteiger partial charge on any atom is 0.265 e. The summed E-state index contributed by atoms with van der Waals surface area (Å²) in [4.78, 5) is 11.2. The van der Waals surface area contributed by atoms with Crippen LogP contribution in [-0.4, -0.2) is 44.3 Å². The Hall–Kier alpha value is -0.920. The Kier molecular flexibility index (Phi) is 27.6. The molecule has 222 valence electrons. The number of nitrogens with one attached hydrogen (secondary N) is 2. The van der Waals surface area contributed by atoms with Gasteiger partial charge in [0.05, 0.1) is 5.75 Å². The highest BCUT2D eigenvalue weighted by atomic mass is 32.2. The molecular weight excluding hydrogens is 484 g/mol. The Morgan fingerprint density at radius 2 is 1.11 bits per heavy atom. The van der Waals surface area contributed by atoms with Gasteiger partial charge in [-0.25, -0.2) is 0 Å². The van der Waals surface area contributed by atoms with Gasteiger partial charge < -0.3 is 10.6 Å². The van der Waals surface area contributed by atoms with Crippen molar-refractivity contribution in [2.45, 2.75) is 137 Å². The van der Waals surface area contributed by atoms with Crippen molar-refractivity contribution in [1.82, 2.24) is 10.6 Å². The van der Waals surface area contributed by atoms with Crippen LogP contribution in [0.15, 0.2) is 12.2 Å². The molecule has 2 atom stereocenters. The smallest absolute Gasteiger partial charge is 0.265 e. The molecule has 0 spiro atoms. The first-order valence-corrected chi connectivity index (χ1v) is 16.8. The van der Waals surface area contributed by atoms with Crippen molar-refractivity contribution < 1.29 is 17.8 Å². The summed E-state index contributed by atoms with van der Waals surface area (Å²) in [5.74, 6) is -0.798. The topological polar surface area (TPSA) is 95.5 Å². The first-order valence-electron chi connectivity index (χ1n) is 15.1. The van der Waals surface area contributed by atoms with Gasteiger partial charge in [0.2, 0.25) is 5.91 Å². The van der Waals surface area contributed by atoms with E-state index in [1.54, 1.807) is 13.8 Å². The number of rotatable bonds is 24. The largest absolute Gasteiger partial charge is 0.352 e. The lowest BCUT2D eigenvalue weighted by atomic mass is 9.98. The number of unbranched alkanes of at least 4 members (excludes halogenated alkanes) is 14. The van der Waals surface area contributed by atoms with Gasteiger partial charge in [-0.1, -0.05) is 124 Å². The average molecular weight is 547 g/mol. The van der Waals surface area contributed by atoms with Crippen molar-refractivity contribution in [1.29, 1.82) is 0 Å². The Bertz CT molecular complexity index is 619. The predicted molar refractivity (Wildman–Crippen MR) is 161 cm³/mol. The molecule has 0 aliphatic rings. The molecule has 0 saturated carbocycles. The van der Waals surface area contributed by atoms with Gasteiger partial charge in [-0.15, -0.1) is 0 Å². The second kappa shape index (κ2) is 26.7. The molecule has 2 unspecified atom stereocenters. The first kappa shape index (κ1) is 38.2. The van der Waals surface area contributed by atoms with Crippen LogP contribution in [0.3, 0.4) is 0 Å². The minimum absolute atomic E-state index is 0.0368. The molecule has 6 nitrogen and oxygen atoms in total. The SMILES string of the molecule is C=C(C)C(=O)NCC(C)C(C)CS(=O)(=O)O.CCCCCCCCCCNCCCCCCCCCC. The van der Waals surface area contributed by atoms with E-state index < -0.39 is 10.1 Å². The van der Waals surface area contributed by atoms with Crippen LogP contribution in [0, 0.1) is 11.8 Å². The van der Waals surface area contributed by atoms with Gasteiger partial charge in [0, 0.05) is 12.1 Å². The van der Waals surface area contributed by atoms with Crippen LogP contribution in [0.1, 0.15) is 137 Å². The monoisotopic (exact) mass is 546 g/mol. The van der Waals surface area contributed by atoms with E-state index in [1.165, 1.54) is 116 Å². The summed E-state index contributed by atoms with van der Waals surface area (Å²) in [5.41, 5.74) is 0.412. The fourth-order valence-electron chi connectivity index (χ4n) is 4.00. The van der Waals surface area contributed by atoms with Crippen LogP contribution in [0.25, 0.3) is 0 Å². The van der Waals surface area contributed by atoms with Gasteiger partial charge in [-0.3, -0.25) is 9.35 Å². The number of hydrogen-bond acceptors (Lipinski definition) is 4. The summed E-state index contributed by atoms with van der Waals surface area (Å²) >= 11 is 0. The second-order valence-electron chi connectivity index (χ2n) is 10.9. The summed E-state index contributed by atoms with van der Waals surface area (Å²) in [6.45, 7) is 16.0. The van der Waals surface area contributed by atoms with E-state index in [1.807, 2.05) is 6.92 Å². The van der Waals surface area contributed by atoms with Crippen molar-refractivity contribution in [2.24, 2.45) is 11.8 Å². The molecule has 0 rings (SSSR count). The van der Waals surface area contributed by atoms with Crippen molar-refractivity contribution in [3.05, 3.63) is 12.2 Å². The Morgan fingerprint density at radius 3 is 1.46 bits per heavy atom. The predicted octanol–water partition coefficient (Wildman–Crippen LogP) is 7.70. The molecular formula is C30H62N2O4S. The average Bonchev–Trinajstić information content (AvgIpc) is 2.83. The lowest BCUT2D eigenvalue weighted by Gasteiger charge is -2.18. The standard InChI is InChI=1S/C20H43N.C10H19NO4S/c1-3-5-7-9-11-13-15-17-19-21-20-18-16-14-12-10-8-6-4-2;1-7(2)10(12)11-5-8(3)9(4)6-16(13,14)15/h21H,3-20H2,1-2H3;8-9H,1,5-6H2,2-4H3,(H,11,12)(H,13,14,15). The molecule has 0 aromatic rings. The Balaban J connectivity index is 0. The van der Waals surface area contributed by atoms with Gasteiger partial charge in [0.25, 0.3) is 10.1 Å². The minimum atomic E-state index is -3.95. The second-order valence-corrected chi connectivity index (χ2v) is 12.4. The zero-order valence-corrected chi connectivity index (χ0v) is 25.9. The Labute approximate surface area is 231 Å². The van der Waals surface area contributed by atoms with Gasteiger partial charge in [-0.05, 0) is 44.7 Å². The molecule has 0 heterocycles. The molecule has 0 aromatic carbocycles. The molecule has 3 N–H and O–H groups in total. The molecule has 37 heavy (non-hydrogen) atoms. The summed E-state index contributed by atoms with van der Waals surface area (Å²) in [7, 11) is -3.95. The van der Waals surface area contributed by atoms with Gasteiger partial charge in [0.1, 0.15) is 0 Å². The van der Waals surface area contributed by atoms with E-state index in [0.29, 0.717) is 12.1 Å². The third-order valence-electron chi connectivity index (χ3n) is 6.83. The Morgan fingerprint density at radius 1 is 0.730 bits per heavy atom. The van der Waals surface area contributed by atoms with Crippen LogP contribution in [-0.2, 0) is 14.9 Å². The molecule has 0 aliphatic carbocycles. The number of hydrogen-bond donors (Lipinski definition) is 3. The van der Waals surface area contributed by atoms with E-state index in [9.17, 15) is 13.2 Å². The highest BCUT2D eigenvalue weighted by molar-refractivity contribution is 7.85. The summed E-state index contributed by atoms with van der Waals surface area (Å²) in [6, 6.07) is 0. The van der Waals surface area contributed by atoms with Crippen LogP contribution in [0.4, 0.5) is 0 Å². The van der Waals surface area contributed by atoms with Crippen molar-refractivity contribution in [2.75, 3.05) is 25.4 Å². The van der Waals surface area contributed by atoms with Crippen molar-refractivity contribution >= 4 is 16.0 Å². The van der Waals surface area contributed by atoms with E-state index in [4.69, 9.17) is 4.55 Å². The molecule has 0 fully saturated rings. The molecule has 0 saturated heterocycles. The molecule has 0 aliphatic heterocycles. The van der Waals surface area contributed by atoms with Crippen molar-refractivity contribution in [3.8, 4) is 0 Å². The molecule has 0 radical (unpaired) electrons. The molecule has 0 aromatic heterocycles. The van der Waals surface area contributed by atoms with E-state index in [2.05, 4.69) is 31.1 Å². The first-order chi connectivity index (χ1) is 17.5. The summed E-state index contributed by atoms with van der Waals surface area (Å²) < 4.78 is 30.0. The number of carbonyl (C=O) groups is 1. The van der Waals surface area contributed by atoms with Crippen LogP contribution < -0.4 is 10.6 Å². The van der Waals surface area contributed by atoms with Gasteiger partial charge >= 0.3 is 0 Å². The third-order valence-corrected chi connectivity index (χ3v) is 7.78. The maximum absolute atomic E-state index is 11.2. The zero-order chi connectivity index (χ0) is 28.4. The third kappa shape index (κ3) is 31.2. The van der Waals surface area contributed by atoms with Gasteiger partial charge in [-0.2, -0.15) is 8.42 Å². The maximum atomic E-state index is 11.2. The van der Waals surface area contributed by atoms with Crippen LogP contribution in [0.5, 0.6) is 0 Å². The van der Waals surface area contributed by atoms with E-state index in [-0.39, 0.29) is 23.5 Å². The summed E-state index contributed by atoms with van der Waals surface area (Å²) in [5, 5.41) is 6.24. The van der Waals surface area contributed by atoms with Crippen LogP contribution in [0.2, 0.25) is 0 Å². The number of carbonyl (C=O) groups excluding carboxylic acids is 1. The quantitative estimate of drug-likeness (QED) is 0.0655. The lowest BCUT2D eigenvalue weighted by Crippen LogP contribution is -2.32. The highest BCUT2D eigenvalue weighted by Gasteiger charge is 2.19. The molecule has 0 bridgehead atoms. The normalized spacial score (nSPS) is 12.9. The highest BCUT2D eigenvalue weighted by Crippen LogP contribution is 2.12. The van der Waals surface area contributed by atoms with E-state index >= 15 is 0 Å². The fourth-order valence-corrected chi connectivity index (χ4v) is 4.99. The van der Waals surface area contributed by atoms with Gasteiger partial charge in [0.15, 0.2) is 0 Å².